The molecule has 2 rings (SSSR count). The van der Waals surface area contributed by atoms with Crippen molar-refractivity contribution in [1.29, 1.82) is 5.26 Å². The van der Waals surface area contributed by atoms with Crippen molar-refractivity contribution < 1.29 is 8.78 Å². The number of anilines is 2. The minimum Gasteiger partial charge on any atom is -0.399 e. The Hall–Kier alpha value is -2.61. The lowest BCUT2D eigenvalue weighted by Crippen LogP contribution is -1.88. The fraction of sp³-hybridized carbons (Fsp3) is 0. The molecular formula is C13H11F2N3. The molecule has 3 nitrogen and oxygen atoms in total. The molecule has 0 radical (unpaired) electrons. The molecule has 0 atom stereocenters. The van der Waals surface area contributed by atoms with Crippen molar-refractivity contribution in [2.24, 2.45) is 0 Å². The van der Waals surface area contributed by atoms with Gasteiger partial charge in [-0.1, -0.05) is 0 Å². The molecule has 18 heavy (non-hydrogen) atoms. The normalized spacial score (nSPS) is 8.94. The maximum Gasteiger partial charge on any atom is 0.141 e. The Bertz CT molecular complexity index is 538. The molecule has 5 heteroatoms. The van der Waals surface area contributed by atoms with E-state index in [-0.39, 0.29) is 11.4 Å². The number of halogens is 2. The van der Waals surface area contributed by atoms with Gasteiger partial charge in [-0.05, 0) is 42.5 Å². The molecule has 4 N–H and O–H groups in total. The quantitative estimate of drug-likeness (QED) is 0.703. The molecule has 0 aromatic heterocycles. The van der Waals surface area contributed by atoms with Crippen molar-refractivity contribution in [3.63, 3.8) is 0 Å². The van der Waals surface area contributed by atoms with E-state index in [4.69, 9.17) is 16.7 Å². The second-order valence-electron chi connectivity index (χ2n) is 3.40. The molecule has 0 unspecified atom stereocenters. The van der Waals surface area contributed by atoms with Crippen LogP contribution in [0.1, 0.15) is 5.56 Å². The van der Waals surface area contributed by atoms with Crippen molar-refractivity contribution in [1.82, 2.24) is 0 Å². The van der Waals surface area contributed by atoms with Gasteiger partial charge in [0.1, 0.15) is 17.7 Å². The highest BCUT2D eigenvalue weighted by Gasteiger charge is 1.98. The molecule has 0 saturated heterocycles. The van der Waals surface area contributed by atoms with E-state index in [0.717, 1.165) is 0 Å². The summed E-state index contributed by atoms with van der Waals surface area (Å²) in [6, 6.07) is 11.3. The summed E-state index contributed by atoms with van der Waals surface area (Å²) in [6.07, 6.45) is 0. The first-order chi connectivity index (χ1) is 8.52. The van der Waals surface area contributed by atoms with Crippen LogP contribution in [0.25, 0.3) is 0 Å². The molecule has 0 bridgehead atoms. The molecule has 0 fully saturated rings. The third-order valence-electron chi connectivity index (χ3n) is 1.98. The zero-order valence-electron chi connectivity index (χ0n) is 9.40. The summed E-state index contributed by atoms with van der Waals surface area (Å²) in [5, 5.41) is 8.30. The molecule has 0 spiro atoms. The number of hydrogen-bond donors (Lipinski definition) is 2. The molecule has 2 aromatic carbocycles. The van der Waals surface area contributed by atoms with Crippen molar-refractivity contribution in [2.45, 2.75) is 0 Å². The van der Waals surface area contributed by atoms with Crippen molar-refractivity contribution >= 4 is 11.4 Å². The van der Waals surface area contributed by atoms with Gasteiger partial charge >= 0.3 is 0 Å². The zero-order chi connectivity index (χ0) is 13.5. The maximum absolute atomic E-state index is 12.5. The first-order valence-electron chi connectivity index (χ1n) is 4.99. The van der Waals surface area contributed by atoms with E-state index >= 15 is 0 Å². The fourth-order valence-corrected chi connectivity index (χ4v) is 1.09. The summed E-state index contributed by atoms with van der Waals surface area (Å²) >= 11 is 0. The number of rotatable bonds is 0. The standard InChI is InChI=1S/C7H5FN2.C6H6FN/c8-7-2-1-6(10)3-5(7)4-9;7-5-1-3-6(8)4-2-5/h1-3H,10H2;1-4H,8H2. The van der Waals surface area contributed by atoms with E-state index in [9.17, 15) is 8.78 Å². The maximum atomic E-state index is 12.5. The van der Waals surface area contributed by atoms with Crippen LogP contribution in [0.3, 0.4) is 0 Å². The van der Waals surface area contributed by atoms with E-state index in [2.05, 4.69) is 0 Å². The first kappa shape index (κ1) is 13.5. The van der Waals surface area contributed by atoms with Crippen LogP contribution in [-0.2, 0) is 0 Å². The molecule has 0 amide bonds. The van der Waals surface area contributed by atoms with E-state index in [1.807, 2.05) is 0 Å². The molecule has 0 aliphatic carbocycles. The van der Waals surface area contributed by atoms with Gasteiger partial charge in [-0.3, -0.25) is 0 Å². The highest BCUT2D eigenvalue weighted by molar-refractivity contribution is 5.45. The second kappa shape index (κ2) is 6.21. The zero-order valence-corrected chi connectivity index (χ0v) is 9.40. The van der Waals surface area contributed by atoms with E-state index < -0.39 is 5.82 Å². The third-order valence-corrected chi connectivity index (χ3v) is 1.98. The fourth-order valence-electron chi connectivity index (χ4n) is 1.09. The summed E-state index contributed by atoms with van der Waals surface area (Å²) in [5.41, 5.74) is 11.5. The van der Waals surface area contributed by atoms with Crippen LogP contribution >= 0.6 is 0 Å². The first-order valence-corrected chi connectivity index (χ1v) is 4.99. The van der Waals surface area contributed by atoms with Crippen LogP contribution in [0.15, 0.2) is 42.5 Å². The smallest absolute Gasteiger partial charge is 0.141 e. The van der Waals surface area contributed by atoms with Gasteiger partial charge in [0.25, 0.3) is 0 Å². The van der Waals surface area contributed by atoms with Gasteiger partial charge in [0, 0.05) is 11.4 Å². The van der Waals surface area contributed by atoms with Gasteiger partial charge in [-0.15, -0.1) is 0 Å². The Balaban J connectivity index is 0.000000184. The summed E-state index contributed by atoms with van der Waals surface area (Å²) in [7, 11) is 0. The van der Waals surface area contributed by atoms with Gasteiger partial charge in [-0.25, -0.2) is 8.78 Å². The highest BCUT2D eigenvalue weighted by atomic mass is 19.1. The van der Waals surface area contributed by atoms with Gasteiger partial charge in [-0.2, -0.15) is 5.26 Å². The molecule has 0 heterocycles. The summed E-state index contributed by atoms with van der Waals surface area (Å²) in [5.74, 6) is -0.782. The largest absolute Gasteiger partial charge is 0.399 e. The Morgan fingerprint density at radius 1 is 0.889 bits per heavy atom. The van der Waals surface area contributed by atoms with Crippen molar-refractivity contribution in [3.8, 4) is 6.07 Å². The molecular weight excluding hydrogens is 236 g/mol. The minimum absolute atomic E-state index is 0.0139. The van der Waals surface area contributed by atoms with Crippen LogP contribution in [0.5, 0.6) is 0 Å². The van der Waals surface area contributed by atoms with Crippen molar-refractivity contribution in [3.05, 3.63) is 59.7 Å². The van der Waals surface area contributed by atoms with Gasteiger partial charge < -0.3 is 11.5 Å². The molecule has 0 aliphatic rings. The van der Waals surface area contributed by atoms with E-state index in [0.29, 0.717) is 11.4 Å². The lowest BCUT2D eigenvalue weighted by molar-refractivity contribution is 0.624. The molecule has 2 aromatic rings. The molecule has 0 saturated carbocycles. The minimum atomic E-state index is -0.531. The van der Waals surface area contributed by atoms with E-state index in [1.165, 1.54) is 42.5 Å². The second-order valence-corrected chi connectivity index (χ2v) is 3.40. The monoisotopic (exact) mass is 247 g/mol. The van der Waals surface area contributed by atoms with Crippen LogP contribution in [-0.4, -0.2) is 0 Å². The summed E-state index contributed by atoms with van der Waals surface area (Å²) < 4.78 is 24.5. The average Bonchev–Trinajstić information content (AvgIpc) is 2.37. The molecule has 0 aliphatic heterocycles. The number of nitrogens with two attached hydrogens (primary N) is 2. The number of nitrogens with zero attached hydrogens (tertiary/aromatic N) is 1. The third kappa shape index (κ3) is 4.10. The Labute approximate surface area is 103 Å². The predicted molar refractivity (Wildman–Crippen MR) is 66.3 cm³/mol. The predicted octanol–water partition coefficient (Wildman–Crippen LogP) is 2.69. The van der Waals surface area contributed by atoms with Gasteiger partial charge in [0.15, 0.2) is 0 Å². The summed E-state index contributed by atoms with van der Waals surface area (Å²) in [4.78, 5) is 0. The SMILES string of the molecule is N#Cc1cc(N)ccc1F.Nc1ccc(F)cc1. The molecule has 92 valence electrons. The number of nitriles is 1. The lowest BCUT2D eigenvalue weighted by Gasteiger charge is -1.93. The van der Waals surface area contributed by atoms with Gasteiger partial charge in [0.2, 0.25) is 0 Å². The van der Waals surface area contributed by atoms with Gasteiger partial charge in [0.05, 0.1) is 5.56 Å². The number of benzene rings is 2. The Kier molecular flexibility index (Phi) is 4.64. The topological polar surface area (TPSA) is 75.8 Å². The van der Waals surface area contributed by atoms with Crippen LogP contribution < -0.4 is 11.5 Å². The Morgan fingerprint density at radius 3 is 1.89 bits per heavy atom. The number of hydrogen-bond acceptors (Lipinski definition) is 3. The van der Waals surface area contributed by atoms with Crippen molar-refractivity contribution in [2.75, 3.05) is 11.5 Å². The van der Waals surface area contributed by atoms with Crippen LogP contribution in [0.4, 0.5) is 20.2 Å². The highest BCUT2D eigenvalue weighted by Crippen LogP contribution is 2.09. The Morgan fingerprint density at radius 2 is 1.44 bits per heavy atom. The summed E-state index contributed by atoms with van der Waals surface area (Å²) in [6.45, 7) is 0. The lowest BCUT2D eigenvalue weighted by atomic mass is 10.2. The van der Waals surface area contributed by atoms with Crippen LogP contribution in [0, 0.1) is 23.0 Å². The van der Waals surface area contributed by atoms with Crippen LogP contribution in [0.2, 0.25) is 0 Å². The average molecular weight is 247 g/mol. The van der Waals surface area contributed by atoms with E-state index in [1.54, 1.807) is 6.07 Å². The number of nitrogen functional groups attached to an aromatic ring is 2.